The molecule has 0 aliphatic carbocycles. The first kappa shape index (κ1) is 13.2. The Kier molecular flexibility index (Phi) is 4.83. The zero-order valence-corrected chi connectivity index (χ0v) is 11.5. The van der Waals surface area contributed by atoms with Gasteiger partial charge in [-0.05, 0) is 23.1 Å². The molecule has 0 N–H and O–H groups in total. The number of alkyl halides is 1. The van der Waals surface area contributed by atoms with Crippen LogP contribution in [0.15, 0.2) is 54.6 Å². The molecule has 94 valence electrons. The van der Waals surface area contributed by atoms with Crippen LogP contribution < -0.4 is 0 Å². The molecule has 2 aromatic carbocycles. The molecule has 0 saturated heterocycles. The van der Waals surface area contributed by atoms with Crippen LogP contribution in [0.2, 0.25) is 0 Å². The molecule has 1 atom stereocenters. The fourth-order valence-electron chi connectivity index (χ4n) is 2.06. The van der Waals surface area contributed by atoms with Crippen LogP contribution in [0.25, 0.3) is 11.1 Å². The zero-order chi connectivity index (χ0) is 12.8. The van der Waals surface area contributed by atoms with Crippen molar-refractivity contribution in [3.05, 3.63) is 60.2 Å². The van der Waals surface area contributed by atoms with Crippen LogP contribution in [0.1, 0.15) is 37.1 Å². The van der Waals surface area contributed by atoms with Gasteiger partial charge in [0.05, 0.1) is 5.38 Å². The third-order valence-corrected chi connectivity index (χ3v) is 3.66. The minimum Gasteiger partial charge on any atom is -0.118 e. The highest BCUT2D eigenvalue weighted by Gasteiger charge is 2.07. The van der Waals surface area contributed by atoms with Gasteiger partial charge in [-0.3, -0.25) is 0 Å². The first-order valence-corrected chi connectivity index (χ1v) is 7.04. The third kappa shape index (κ3) is 3.36. The van der Waals surface area contributed by atoms with Crippen molar-refractivity contribution in [2.45, 2.75) is 31.6 Å². The highest BCUT2D eigenvalue weighted by atomic mass is 35.5. The summed E-state index contributed by atoms with van der Waals surface area (Å²) >= 11 is 6.38. The van der Waals surface area contributed by atoms with E-state index in [9.17, 15) is 0 Å². The van der Waals surface area contributed by atoms with E-state index in [1.807, 2.05) is 6.07 Å². The van der Waals surface area contributed by atoms with Gasteiger partial charge < -0.3 is 0 Å². The van der Waals surface area contributed by atoms with Gasteiger partial charge in [-0.2, -0.15) is 0 Å². The van der Waals surface area contributed by atoms with Crippen LogP contribution in [-0.2, 0) is 0 Å². The van der Waals surface area contributed by atoms with Crippen LogP contribution in [0.3, 0.4) is 0 Å². The quantitative estimate of drug-likeness (QED) is 0.593. The minimum atomic E-state index is 0.148. The van der Waals surface area contributed by atoms with E-state index in [2.05, 4.69) is 55.5 Å². The molecule has 2 aromatic rings. The van der Waals surface area contributed by atoms with Crippen molar-refractivity contribution in [2.75, 3.05) is 0 Å². The number of halogens is 1. The summed E-state index contributed by atoms with van der Waals surface area (Å²) in [5, 5.41) is 0.148. The molecule has 1 heteroatoms. The first-order valence-electron chi connectivity index (χ1n) is 6.60. The Bertz CT molecular complexity index is 459. The number of hydrogen-bond acceptors (Lipinski definition) is 0. The van der Waals surface area contributed by atoms with Gasteiger partial charge in [-0.25, -0.2) is 0 Å². The van der Waals surface area contributed by atoms with E-state index < -0.39 is 0 Å². The smallest absolute Gasteiger partial charge is 0.0585 e. The topological polar surface area (TPSA) is 0 Å². The summed E-state index contributed by atoms with van der Waals surface area (Å²) in [6.07, 6.45) is 3.45. The lowest BCUT2D eigenvalue weighted by molar-refractivity contribution is 0.701. The monoisotopic (exact) mass is 258 g/mol. The molecule has 0 aliphatic rings. The van der Waals surface area contributed by atoms with Crippen LogP contribution in [0.5, 0.6) is 0 Å². The number of rotatable bonds is 5. The van der Waals surface area contributed by atoms with E-state index in [4.69, 9.17) is 11.6 Å². The molecule has 0 fully saturated rings. The van der Waals surface area contributed by atoms with Crippen molar-refractivity contribution >= 4 is 11.6 Å². The van der Waals surface area contributed by atoms with Crippen molar-refractivity contribution in [1.82, 2.24) is 0 Å². The maximum Gasteiger partial charge on any atom is 0.0585 e. The van der Waals surface area contributed by atoms with Gasteiger partial charge in [0.15, 0.2) is 0 Å². The Balaban J connectivity index is 2.10. The second-order valence-corrected chi connectivity index (χ2v) is 5.12. The summed E-state index contributed by atoms with van der Waals surface area (Å²) in [5.74, 6) is 0. The molecule has 0 heterocycles. The second kappa shape index (κ2) is 6.61. The summed E-state index contributed by atoms with van der Waals surface area (Å²) in [6, 6.07) is 19.0. The van der Waals surface area contributed by atoms with Gasteiger partial charge in [-0.1, -0.05) is 74.4 Å². The Morgan fingerprint density at radius 2 is 1.50 bits per heavy atom. The normalized spacial score (nSPS) is 12.3. The molecular formula is C17H19Cl. The average molecular weight is 259 g/mol. The summed E-state index contributed by atoms with van der Waals surface area (Å²) in [5.41, 5.74) is 3.73. The lowest BCUT2D eigenvalue weighted by Crippen LogP contribution is -1.90. The number of benzene rings is 2. The second-order valence-electron chi connectivity index (χ2n) is 4.60. The van der Waals surface area contributed by atoms with Crippen LogP contribution in [-0.4, -0.2) is 0 Å². The van der Waals surface area contributed by atoms with Crippen molar-refractivity contribution < 1.29 is 0 Å². The molecule has 0 aromatic heterocycles. The van der Waals surface area contributed by atoms with Gasteiger partial charge in [0, 0.05) is 0 Å². The van der Waals surface area contributed by atoms with Gasteiger partial charge >= 0.3 is 0 Å². The lowest BCUT2D eigenvalue weighted by atomic mass is 10.0. The largest absolute Gasteiger partial charge is 0.118 e. The summed E-state index contributed by atoms with van der Waals surface area (Å²) in [6.45, 7) is 2.20. The Labute approximate surface area is 115 Å². The van der Waals surface area contributed by atoms with Crippen LogP contribution in [0, 0.1) is 0 Å². The molecular weight excluding hydrogens is 240 g/mol. The summed E-state index contributed by atoms with van der Waals surface area (Å²) < 4.78 is 0. The fourth-order valence-corrected chi connectivity index (χ4v) is 2.36. The highest BCUT2D eigenvalue weighted by molar-refractivity contribution is 6.20. The SMILES string of the molecule is CCCCC(Cl)c1ccc(-c2ccccc2)cc1. The molecule has 0 saturated carbocycles. The Morgan fingerprint density at radius 1 is 0.889 bits per heavy atom. The minimum absolute atomic E-state index is 0.148. The van der Waals surface area contributed by atoms with Gasteiger partial charge in [0.2, 0.25) is 0 Å². The molecule has 0 nitrogen and oxygen atoms in total. The first-order chi connectivity index (χ1) is 8.81. The predicted octanol–water partition coefficient (Wildman–Crippen LogP) is 5.82. The van der Waals surface area contributed by atoms with Crippen molar-refractivity contribution in [1.29, 1.82) is 0 Å². The molecule has 0 bridgehead atoms. The molecule has 0 aliphatic heterocycles. The van der Waals surface area contributed by atoms with Gasteiger partial charge in [0.1, 0.15) is 0 Å². The molecule has 18 heavy (non-hydrogen) atoms. The van der Waals surface area contributed by atoms with E-state index in [1.54, 1.807) is 0 Å². The standard InChI is InChI=1S/C17H19Cl/c1-2-3-9-17(18)16-12-10-15(11-13-16)14-7-5-4-6-8-14/h4-8,10-13,17H,2-3,9H2,1H3. The van der Waals surface area contributed by atoms with E-state index >= 15 is 0 Å². The maximum atomic E-state index is 6.38. The van der Waals surface area contributed by atoms with Crippen molar-refractivity contribution in [3.8, 4) is 11.1 Å². The van der Waals surface area contributed by atoms with Crippen molar-refractivity contribution in [2.24, 2.45) is 0 Å². The molecule has 0 radical (unpaired) electrons. The molecule has 1 unspecified atom stereocenters. The van der Waals surface area contributed by atoms with E-state index in [-0.39, 0.29) is 5.38 Å². The third-order valence-electron chi connectivity index (χ3n) is 3.19. The maximum absolute atomic E-state index is 6.38. The fraction of sp³-hybridized carbons (Fsp3) is 0.294. The van der Waals surface area contributed by atoms with E-state index in [0.717, 1.165) is 6.42 Å². The zero-order valence-electron chi connectivity index (χ0n) is 10.8. The van der Waals surface area contributed by atoms with E-state index in [1.165, 1.54) is 29.5 Å². The lowest BCUT2D eigenvalue weighted by Gasteiger charge is -2.10. The molecule has 0 amide bonds. The van der Waals surface area contributed by atoms with Crippen LogP contribution >= 0.6 is 11.6 Å². The predicted molar refractivity (Wildman–Crippen MR) is 80.0 cm³/mol. The highest BCUT2D eigenvalue weighted by Crippen LogP contribution is 2.28. The number of unbranched alkanes of at least 4 members (excludes halogenated alkanes) is 1. The van der Waals surface area contributed by atoms with Gasteiger partial charge in [-0.15, -0.1) is 11.6 Å². The molecule has 0 spiro atoms. The van der Waals surface area contributed by atoms with Gasteiger partial charge in [0.25, 0.3) is 0 Å². The summed E-state index contributed by atoms with van der Waals surface area (Å²) in [4.78, 5) is 0. The van der Waals surface area contributed by atoms with E-state index in [0.29, 0.717) is 0 Å². The summed E-state index contributed by atoms with van der Waals surface area (Å²) in [7, 11) is 0. The average Bonchev–Trinajstić information content (AvgIpc) is 2.46. The van der Waals surface area contributed by atoms with Crippen molar-refractivity contribution in [3.63, 3.8) is 0 Å². The Morgan fingerprint density at radius 3 is 2.11 bits per heavy atom. The number of hydrogen-bond donors (Lipinski definition) is 0. The Hall–Kier alpha value is -1.27. The van der Waals surface area contributed by atoms with Crippen LogP contribution in [0.4, 0.5) is 0 Å². The molecule has 2 rings (SSSR count).